The Morgan fingerprint density at radius 1 is 0.905 bits per heavy atom. The van der Waals surface area contributed by atoms with Crippen LogP contribution in [-0.2, 0) is 23.9 Å². The third-order valence-corrected chi connectivity index (χ3v) is 2.50. The highest BCUT2D eigenvalue weighted by atomic mass is 16.5. The maximum Gasteiger partial charge on any atom is 0.340 e. The van der Waals surface area contributed by atoms with E-state index in [4.69, 9.17) is 0 Å². The van der Waals surface area contributed by atoms with Crippen molar-refractivity contribution in [2.24, 2.45) is 5.41 Å². The van der Waals surface area contributed by atoms with Gasteiger partial charge in [-0.2, -0.15) is 0 Å². The zero-order chi connectivity index (χ0) is 16.8. The maximum absolute atomic E-state index is 12.1. The van der Waals surface area contributed by atoms with Crippen LogP contribution in [0.15, 0.2) is 23.4 Å². The van der Waals surface area contributed by atoms with Crippen molar-refractivity contribution in [1.29, 1.82) is 0 Å². The van der Waals surface area contributed by atoms with Crippen molar-refractivity contribution in [3.05, 3.63) is 23.4 Å². The Morgan fingerprint density at radius 2 is 1.33 bits per heavy atom. The first kappa shape index (κ1) is 18.9. The first-order valence-electron chi connectivity index (χ1n) is 6.36. The molecule has 0 rings (SSSR count). The highest BCUT2D eigenvalue weighted by Gasteiger charge is 2.27. The largest absolute Gasteiger partial charge is 0.465 e. The van der Waals surface area contributed by atoms with Crippen molar-refractivity contribution < 1.29 is 23.9 Å². The molecular weight excluding hydrogens is 274 g/mol. The summed E-state index contributed by atoms with van der Waals surface area (Å²) in [7, 11) is 5.75. The fourth-order valence-corrected chi connectivity index (χ4v) is 1.30. The maximum atomic E-state index is 12.1. The predicted octanol–water partition coefficient (Wildman–Crippen LogP) is 1.32. The van der Waals surface area contributed by atoms with Crippen LogP contribution in [0, 0.1) is 5.41 Å². The number of nitrogens with zero attached hydrogens (tertiary/aromatic N) is 1. The molecule has 0 aromatic rings. The summed E-state index contributed by atoms with van der Waals surface area (Å²) in [6, 6.07) is 0. The molecule has 118 valence electrons. The van der Waals surface area contributed by atoms with Gasteiger partial charge in [0.15, 0.2) is 5.78 Å². The summed E-state index contributed by atoms with van der Waals surface area (Å²) in [6.45, 7) is 5.15. The zero-order valence-corrected chi connectivity index (χ0v) is 13.6. The SMILES string of the molecule is COC(=O)C(=C\N(C)C)/C(=C\C(=O)C(C)(C)C)C(=O)OC. The molecule has 0 aliphatic carbocycles. The minimum atomic E-state index is -0.772. The van der Waals surface area contributed by atoms with Crippen LogP contribution in [0.1, 0.15) is 20.8 Å². The molecule has 0 aromatic carbocycles. The van der Waals surface area contributed by atoms with Crippen LogP contribution in [0.5, 0.6) is 0 Å². The van der Waals surface area contributed by atoms with Crippen molar-refractivity contribution in [3.63, 3.8) is 0 Å². The molecule has 0 saturated heterocycles. The van der Waals surface area contributed by atoms with Crippen LogP contribution in [-0.4, -0.2) is 50.9 Å². The van der Waals surface area contributed by atoms with E-state index in [-0.39, 0.29) is 16.9 Å². The van der Waals surface area contributed by atoms with Gasteiger partial charge in [-0.15, -0.1) is 0 Å². The van der Waals surface area contributed by atoms with Gasteiger partial charge in [0.05, 0.1) is 25.4 Å². The molecule has 0 spiro atoms. The smallest absolute Gasteiger partial charge is 0.340 e. The van der Waals surface area contributed by atoms with Gasteiger partial charge in [-0.1, -0.05) is 20.8 Å². The fourth-order valence-electron chi connectivity index (χ4n) is 1.30. The van der Waals surface area contributed by atoms with Crippen molar-refractivity contribution in [1.82, 2.24) is 4.90 Å². The van der Waals surface area contributed by atoms with Gasteiger partial charge in [-0.3, -0.25) is 4.79 Å². The lowest BCUT2D eigenvalue weighted by atomic mass is 9.88. The number of hydrogen-bond donors (Lipinski definition) is 0. The molecule has 0 saturated carbocycles. The molecule has 6 heteroatoms. The lowest BCUT2D eigenvalue weighted by molar-refractivity contribution is -0.139. The van der Waals surface area contributed by atoms with E-state index in [1.54, 1.807) is 39.8 Å². The Morgan fingerprint density at radius 3 is 1.67 bits per heavy atom. The molecule has 0 atom stereocenters. The van der Waals surface area contributed by atoms with Gasteiger partial charge < -0.3 is 14.4 Å². The summed E-state index contributed by atoms with van der Waals surface area (Å²) in [6.07, 6.45) is 2.53. The van der Waals surface area contributed by atoms with E-state index in [1.807, 2.05) is 0 Å². The minimum Gasteiger partial charge on any atom is -0.465 e. The average molecular weight is 297 g/mol. The summed E-state index contributed by atoms with van der Waals surface area (Å²) in [5.41, 5.74) is -0.844. The van der Waals surface area contributed by atoms with E-state index in [1.165, 1.54) is 20.4 Å². The van der Waals surface area contributed by atoms with Crippen molar-refractivity contribution in [2.75, 3.05) is 28.3 Å². The number of carbonyl (C=O) groups excluding carboxylic acids is 3. The number of methoxy groups -OCH3 is 2. The number of carbonyl (C=O) groups is 3. The number of hydrogen-bond acceptors (Lipinski definition) is 6. The van der Waals surface area contributed by atoms with Gasteiger partial charge in [0.1, 0.15) is 0 Å². The van der Waals surface area contributed by atoms with Crippen molar-refractivity contribution in [2.45, 2.75) is 20.8 Å². The van der Waals surface area contributed by atoms with Crippen molar-refractivity contribution >= 4 is 17.7 Å². The Labute approximate surface area is 125 Å². The number of rotatable bonds is 5. The Hall–Kier alpha value is -2.11. The molecule has 0 N–H and O–H groups in total. The second-order valence-corrected chi connectivity index (χ2v) is 5.66. The first-order valence-corrected chi connectivity index (χ1v) is 6.36. The van der Waals surface area contributed by atoms with E-state index in [0.717, 1.165) is 6.08 Å². The van der Waals surface area contributed by atoms with Gasteiger partial charge in [0.2, 0.25) is 0 Å². The van der Waals surface area contributed by atoms with Crippen molar-refractivity contribution in [3.8, 4) is 0 Å². The molecule has 0 bridgehead atoms. The molecule has 0 aliphatic rings. The highest BCUT2D eigenvalue weighted by molar-refractivity contribution is 6.11. The predicted molar refractivity (Wildman–Crippen MR) is 78.3 cm³/mol. The van der Waals surface area contributed by atoms with Crippen LogP contribution >= 0.6 is 0 Å². The van der Waals surface area contributed by atoms with E-state index in [0.29, 0.717) is 0 Å². The molecule has 0 aromatic heterocycles. The van der Waals surface area contributed by atoms with Gasteiger partial charge >= 0.3 is 11.9 Å². The lowest BCUT2D eigenvalue weighted by Crippen LogP contribution is -2.23. The molecule has 0 fully saturated rings. The monoisotopic (exact) mass is 297 g/mol. The molecule has 6 nitrogen and oxygen atoms in total. The fraction of sp³-hybridized carbons (Fsp3) is 0.533. The van der Waals surface area contributed by atoms with Crippen LogP contribution in [0.2, 0.25) is 0 Å². The van der Waals surface area contributed by atoms with E-state index >= 15 is 0 Å². The third kappa shape index (κ3) is 5.81. The third-order valence-electron chi connectivity index (χ3n) is 2.50. The standard InChI is InChI=1S/C15H23NO5/c1-15(2,3)12(17)8-10(13(18)20-6)11(9-16(4)5)14(19)21-7/h8-9H,1-7H3/b10-8+,11-9-. The van der Waals surface area contributed by atoms with E-state index < -0.39 is 17.4 Å². The number of ketones is 1. The summed E-state index contributed by atoms with van der Waals surface area (Å²) in [4.78, 5) is 37.5. The van der Waals surface area contributed by atoms with Gasteiger partial charge in [-0.25, -0.2) is 9.59 Å². The topological polar surface area (TPSA) is 72.9 Å². The van der Waals surface area contributed by atoms with Gasteiger partial charge in [0.25, 0.3) is 0 Å². The Balaban J connectivity index is 6.01. The number of allylic oxidation sites excluding steroid dienone is 1. The van der Waals surface area contributed by atoms with Gasteiger partial charge in [-0.05, 0) is 6.08 Å². The lowest BCUT2D eigenvalue weighted by Gasteiger charge is -2.16. The number of esters is 2. The minimum absolute atomic E-state index is 0.0352. The average Bonchev–Trinajstić information content (AvgIpc) is 2.39. The molecule has 0 amide bonds. The van der Waals surface area contributed by atoms with Gasteiger partial charge in [0, 0.05) is 25.7 Å². The second-order valence-electron chi connectivity index (χ2n) is 5.66. The highest BCUT2D eigenvalue weighted by Crippen LogP contribution is 2.20. The summed E-state index contributed by atoms with van der Waals surface area (Å²) in [5.74, 6) is -1.79. The second kappa shape index (κ2) is 7.61. The van der Waals surface area contributed by atoms with Crippen LogP contribution in [0.3, 0.4) is 0 Å². The van der Waals surface area contributed by atoms with E-state index in [2.05, 4.69) is 9.47 Å². The Bertz CT molecular complexity index is 481. The molecule has 21 heavy (non-hydrogen) atoms. The van der Waals surface area contributed by atoms with E-state index in [9.17, 15) is 14.4 Å². The normalized spacial score (nSPS) is 12.7. The summed E-state index contributed by atoms with van der Waals surface area (Å²) < 4.78 is 9.32. The van der Waals surface area contributed by atoms with Crippen LogP contribution in [0.4, 0.5) is 0 Å². The molecule has 0 heterocycles. The zero-order valence-electron chi connectivity index (χ0n) is 13.6. The molecule has 0 aliphatic heterocycles. The molecule has 0 radical (unpaired) electrons. The number of ether oxygens (including phenoxy) is 2. The van der Waals surface area contributed by atoms with Crippen LogP contribution < -0.4 is 0 Å². The molecule has 0 unspecified atom stereocenters. The summed E-state index contributed by atoms with van der Waals surface area (Å²) in [5, 5.41) is 0. The first-order chi connectivity index (χ1) is 9.54. The Kier molecular flexibility index (Phi) is 6.85. The molecular formula is C15H23NO5. The summed E-state index contributed by atoms with van der Waals surface area (Å²) >= 11 is 0. The van der Waals surface area contributed by atoms with Crippen LogP contribution in [0.25, 0.3) is 0 Å². The quantitative estimate of drug-likeness (QED) is 0.433.